The van der Waals surface area contributed by atoms with E-state index in [1.807, 2.05) is 31.2 Å². The Kier molecular flexibility index (Phi) is 7.57. The maximum absolute atomic E-state index is 12.9. The lowest BCUT2D eigenvalue weighted by atomic mass is 10.2. The van der Waals surface area contributed by atoms with E-state index in [1.165, 1.54) is 11.4 Å². The summed E-state index contributed by atoms with van der Waals surface area (Å²) in [4.78, 5) is 14.9. The van der Waals surface area contributed by atoms with Crippen LogP contribution in [0.15, 0.2) is 77.7 Å². The highest BCUT2D eigenvalue weighted by Gasteiger charge is 2.21. The number of carbonyl (C=O) groups is 1. The Morgan fingerprint density at radius 3 is 2.34 bits per heavy atom. The summed E-state index contributed by atoms with van der Waals surface area (Å²) in [5.74, 6) is 0.181. The maximum atomic E-state index is 12.9. The second-order valence-electron chi connectivity index (χ2n) is 8.23. The number of morpholine rings is 1. The molecule has 1 aliphatic rings. The van der Waals surface area contributed by atoms with Crippen LogP contribution in [0.3, 0.4) is 0 Å². The fourth-order valence-electron chi connectivity index (χ4n) is 3.75. The van der Waals surface area contributed by atoms with E-state index in [4.69, 9.17) is 9.47 Å². The average molecular weight is 496 g/mol. The van der Waals surface area contributed by atoms with Crippen molar-refractivity contribution in [2.75, 3.05) is 54.5 Å². The highest BCUT2D eigenvalue weighted by Crippen LogP contribution is 2.27. The molecule has 1 N–H and O–H groups in total. The Hall–Kier alpha value is -3.56. The lowest BCUT2D eigenvalue weighted by Crippen LogP contribution is -2.37. The third kappa shape index (κ3) is 5.93. The fourth-order valence-corrected chi connectivity index (χ4v) is 4.95. The Morgan fingerprint density at radius 2 is 1.66 bits per heavy atom. The van der Waals surface area contributed by atoms with Crippen LogP contribution >= 0.6 is 0 Å². The van der Waals surface area contributed by atoms with Crippen LogP contribution in [-0.4, -0.2) is 54.3 Å². The molecule has 1 saturated heterocycles. The molecule has 3 aromatic carbocycles. The van der Waals surface area contributed by atoms with E-state index in [9.17, 15) is 13.2 Å². The molecule has 184 valence electrons. The smallest absolute Gasteiger partial charge is 0.264 e. The Labute approximate surface area is 206 Å². The third-order valence-electron chi connectivity index (χ3n) is 5.78. The summed E-state index contributed by atoms with van der Waals surface area (Å²) in [6, 6.07) is 20.9. The minimum atomic E-state index is -3.68. The van der Waals surface area contributed by atoms with Crippen molar-refractivity contribution in [3.63, 3.8) is 0 Å². The summed E-state index contributed by atoms with van der Waals surface area (Å²) in [6.07, 6.45) is 0. The molecule has 3 aromatic rings. The van der Waals surface area contributed by atoms with Crippen molar-refractivity contribution >= 4 is 33.0 Å². The van der Waals surface area contributed by atoms with Gasteiger partial charge in [-0.15, -0.1) is 0 Å². The standard InChI is InChI=1S/C26H29N3O5S/c1-20-7-13-23(14-8-20)35(31,32)28(2)21-9-11-22(12-10-21)34-19-26(30)27-24-5-3-4-6-25(24)29-15-17-33-18-16-29/h3-14H,15-19H2,1-2H3,(H,27,30). The Morgan fingerprint density at radius 1 is 1.00 bits per heavy atom. The quantitative estimate of drug-likeness (QED) is 0.513. The summed E-state index contributed by atoms with van der Waals surface area (Å²) in [5.41, 5.74) is 3.15. The van der Waals surface area contributed by atoms with E-state index in [-0.39, 0.29) is 17.4 Å². The number of anilines is 3. The van der Waals surface area contributed by atoms with Gasteiger partial charge in [-0.05, 0) is 55.5 Å². The van der Waals surface area contributed by atoms with E-state index in [1.54, 1.807) is 48.5 Å². The zero-order valence-electron chi connectivity index (χ0n) is 19.8. The van der Waals surface area contributed by atoms with Gasteiger partial charge < -0.3 is 19.7 Å². The number of sulfonamides is 1. The van der Waals surface area contributed by atoms with Gasteiger partial charge in [0.25, 0.3) is 15.9 Å². The predicted octanol–water partition coefficient (Wildman–Crippen LogP) is 3.67. The number of carbonyl (C=O) groups excluding carboxylic acids is 1. The van der Waals surface area contributed by atoms with Crippen molar-refractivity contribution in [2.45, 2.75) is 11.8 Å². The van der Waals surface area contributed by atoms with Gasteiger partial charge in [-0.1, -0.05) is 29.8 Å². The van der Waals surface area contributed by atoms with Crippen LogP contribution in [0.5, 0.6) is 5.75 Å². The number of nitrogens with zero attached hydrogens (tertiary/aromatic N) is 2. The van der Waals surface area contributed by atoms with Crippen molar-refractivity contribution in [2.24, 2.45) is 0 Å². The molecule has 0 bridgehead atoms. The molecule has 1 aliphatic heterocycles. The summed E-state index contributed by atoms with van der Waals surface area (Å²) in [5, 5.41) is 2.92. The first-order valence-corrected chi connectivity index (χ1v) is 12.8. The lowest BCUT2D eigenvalue weighted by Gasteiger charge is -2.30. The number of rotatable bonds is 8. The zero-order valence-corrected chi connectivity index (χ0v) is 20.6. The molecule has 9 heteroatoms. The third-order valence-corrected chi connectivity index (χ3v) is 7.58. The summed E-state index contributed by atoms with van der Waals surface area (Å²) in [6.45, 7) is 4.58. The molecule has 0 spiro atoms. The van der Waals surface area contributed by atoms with Gasteiger partial charge in [0.1, 0.15) is 5.75 Å². The van der Waals surface area contributed by atoms with Crippen LogP contribution in [0, 0.1) is 6.92 Å². The predicted molar refractivity (Wildman–Crippen MR) is 137 cm³/mol. The normalized spacial score (nSPS) is 13.8. The molecule has 0 aromatic heterocycles. The van der Waals surface area contributed by atoms with Crippen LogP contribution < -0.4 is 19.3 Å². The number of hydrogen-bond donors (Lipinski definition) is 1. The van der Waals surface area contributed by atoms with Crippen LogP contribution in [0.1, 0.15) is 5.56 Å². The highest BCUT2D eigenvalue weighted by atomic mass is 32.2. The average Bonchev–Trinajstić information content (AvgIpc) is 2.88. The number of para-hydroxylation sites is 2. The van der Waals surface area contributed by atoms with Crippen LogP contribution in [0.2, 0.25) is 0 Å². The molecule has 8 nitrogen and oxygen atoms in total. The largest absolute Gasteiger partial charge is 0.484 e. The number of aryl methyl sites for hydroxylation is 1. The van der Waals surface area contributed by atoms with Gasteiger partial charge in [0, 0.05) is 20.1 Å². The SMILES string of the molecule is Cc1ccc(S(=O)(=O)N(C)c2ccc(OCC(=O)Nc3ccccc3N3CCOCC3)cc2)cc1. The molecule has 35 heavy (non-hydrogen) atoms. The molecular formula is C26H29N3O5S. The molecule has 0 saturated carbocycles. The molecule has 4 rings (SSSR count). The van der Waals surface area contributed by atoms with Crippen molar-refractivity contribution in [1.29, 1.82) is 0 Å². The van der Waals surface area contributed by atoms with Crippen molar-refractivity contribution in [3.8, 4) is 5.75 Å². The van der Waals surface area contributed by atoms with Crippen molar-refractivity contribution in [3.05, 3.63) is 78.4 Å². The van der Waals surface area contributed by atoms with Crippen molar-refractivity contribution in [1.82, 2.24) is 0 Å². The monoisotopic (exact) mass is 495 g/mol. The first-order valence-electron chi connectivity index (χ1n) is 11.3. The van der Waals surface area contributed by atoms with E-state index in [2.05, 4.69) is 10.2 Å². The molecule has 0 aliphatic carbocycles. The first-order chi connectivity index (χ1) is 16.8. The van der Waals surface area contributed by atoms with Gasteiger partial charge in [-0.2, -0.15) is 0 Å². The molecule has 0 atom stereocenters. The summed E-state index contributed by atoms with van der Waals surface area (Å²) in [7, 11) is -2.17. The minimum Gasteiger partial charge on any atom is -0.484 e. The maximum Gasteiger partial charge on any atom is 0.264 e. The second kappa shape index (κ2) is 10.8. The summed E-state index contributed by atoms with van der Waals surface area (Å²) < 4.78 is 38.0. The highest BCUT2D eigenvalue weighted by molar-refractivity contribution is 7.92. The molecule has 0 radical (unpaired) electrons. The van der Waals surface area contributed by atoms with E-state index < -0.39 is 10.0 Å². The number of hydrogen-bond acceptors (Lipinski definition) is 6. The van der Waals surface area contributed by atoms with Gasteiger partial charge in [-0.3, -0.25) is 9.10 Å². The van der Waals surface area contributed by atoms with E-state index in [0.717, 1.165) is 30.0 Å². The molecule has 0 unspecified atom stereocenters. The first kappa shape index (κ1) is 24.6. The van der Waals surface area contributed by atoms with Gasteiger partial charge >= 0.3 is 0 Å². The number of benzene rings is 3. The number of amides is 1. The summed E-state index contributed by atoms with van der Waals surface area (Å²) >= 11 is 0. The molecular weight excluding hydrogens is 466 g/mol. The van der Waals surface area contributed by atoms with Gasteiger partial charge in [0.15, 0.2) is 6.61 Å². The van der Waals surface area contributed by atoms with Crippen molar-refractivity contribution < 1.29 is 22.7 Å². The van der Waals surface area contributed by atoms with Crippen LogP contribution in [0.4, 0.5) is 17.1 Å². The molecule has 1 heterocycles. The zero-order chi connectivity index (χ0) is 24.8. The van der Waals surface area contributed by atoms with E-state index >= 15 is 0 Å². The number of nitrogens with one attached hydrogen (secondary N) is 1. The molecule has 1 amide bonds. The topological polar surface area (TPSA) is 88.2 Å². The number of ether oxygens (including phenoxy) is 2. The van der Waals surface area contributed by atoms with Gasteiger partial charge in [0.05, 0.1) is 35.2 Å². The lowest BCUT2D eigenvalue weighted by molar-refractivity contribution is -0.118. The van der Waals surface area contributed by atoms with Crippen LogP contribution in [0.25, 0.3) is 0 Å². The Bertz CT molecular complexity index is 1250. The van der Waals surface area contributed by atoms with Gasteiger partial charge in [0.2, 0.25) is 0 Å². The fraction of sp³-hybridized carbons (Fsp3) is 0.269. The van der Waals surface area contributed by atoms with Crippen LogP contribution in [-0.2, 0) is 19.6 Å². The minimum absolute atomic E-state index is 0.172. The molecule has 1 fully saturated rings. The second-order valence-corrected chi connectivity index (χ2v) is 10.2. The van der Waals surface area contributed by atoms with Gasteiger partial charge in [-0.25, -0.2) is 8.42 Å². The Balaban J connectivity index is 1.36. The van der Waals surface area contributed by atoms with E-state index in [0.29, 0.717) is 24.7 Å².